The van der Waals surface area contributed by atoms with E-state index < -0.39 is 5.54 Å². The molecule has 1 fully saturated rings. The summed E-state index contributed by atoms with van der Waals surface area (Å²) in [5, 5.41) is 11.1. The number of carboxylic acid groups (broad SMARTS) is 1. The highest BCUT2D eigenvalue weighted by Crippen LogP contribution is 2.45. The molecule has 1 amide bonds. The fourth-order valence-corrected chi connectivity index (χ4v) is 5.38. The van der Waals surface area contributed by atoms with Gasteiger partial charge in [-0.15, -0.1) is 0 Å². The maximum atomic E-state index is 15.2. The van der Waals surface area contributed by atoms with Gasteiger partial charge < -0.3 is 15.3 Å². The van der Waals surface area contributed by atoms with Crippen molar-refractivity contribution in [2.24, 2.45) is 0 Å². The maximum absolute atomic E-state index is 15.2. The molecule has 190 valence electrons. The molecule has 1 unspecified atom stereocenters. The van der Waals surface area contributed by atoms with E-state index in [9.17, 15) is 4.79 Å². The quantitative estimate of drug-likeness (QED) is 0.384. The Hall–Kier alpha value is -2.35. The number of aryl methyl sites for hydroxylation is 1. The smallest absolute Gasteiger partial charge is 0.290 e. The normalized spacial score (nSPS) is 20.5. The predicted molar refractivity (Wildman–Crippen MR) is 139 cm³/mol. The van der Waals surface area contributed by atoms with Crippen LogP contribution in [0.15, 0.2) is 30.3 Å². The fraction of sp³-hybridized carbons (Fsp3) is 0.462. The van der Waals surface area contributed by atoms with Gasteiger partial charge in [0.1, 0.15) is 5.82 Å². The van der Waals surface area contributed by atoms with E-state index in [1.807, 2.05) is 19.2 Å². The Morgan fingerprint density at radius 2 is 1.86 bits per heavy atom. The molecule has 0 bridgehead atoms. The van der Waals surface area contributed by atoms with E-state index in [2.05, 4.69) is 37.1 Å². The number of nitrogens with zero attached hydrogens (tertiary/aromatic N) is 2. The van der Waals surface area contributed by atoms with Gasteiger partial charge in [0.2, 0.25) is 5.91 Å². The van der Waals surface area contributed by atoms with Gasteiger partial charge in [-0.1, -0.05) is 29.3 Å². The predicted octanol–water partition coefficient (Wildman–Crippen LogP) is 5.94. The highest BCUT2D eigenvalue weighted by atomic mass is 35.5. The number of hydrogen-bond donors (Lipinski definition) is 2. The molecule has 0 aromatic heterocycles. The van der Waals surface area contributed by atoms with Crippen molar-refractivity contribution in [3.63, 3.8) is 0 Å². The molecule has 0 spiro atoms. The second kappa shape index (κ2) is 10.7. The number of nitrogens with one attached hydrogen (secondary N) is 1. The molecule has 1 atom stereocenters. The Morgan fingerprint density at radius 1 is 1.17 bits per heavy atom. The molecule has 4 rings (SSSR count). The summed E-state index contributed by atoms with van der Waals surface area (Å²) in [6.07, 6.45) is 2.93. The number of carbonyl (C=O) groups is 2. The Bertz CT molecular complexity index is 1110. The van der Waals surface area contributed by atoms with Crippen LogP contribution in [0.5, 0.6) is 0 Å². The lowest BCUT2D eigenvalue weighted by Crippen LogP contribution is -2.45. The summed E-state index contributed by atoms with van der Waals surface area (Å²) in [4.78, 5) is 24.8. The van der Waals surface area contributed by atoms with Gasteiger partial charge in [-0.25, -0.2) is 4.39 Å². The van der Waals surface area contributed by atoms with E-state index >= 15 is 4.39 Å². The van der Waals surface area contributed by atoms with Gasteiger partial charge in [0.15, 0.2) is 0 Å². The number of anilines is 2. The van der Waals surface area contributed by atoms with Crippen LogP contribution in [0.3, 0.4) is 0 Å². The zero-order valence-corrected chi connectivity index (χ0v) is 22.0. The minimum Gasteiger partial charge on any atom is -0.483 e. The lowest BCUT2D eigenvalue weighted by molar-refractivity contribution is -0.123. The number of rotatable bonds is 3. The number of likely N-dealkylation sites (tertiary alicyclic amines) is 1. The van der Waals surface area contributed by atoms with E-state index in [1.54, 1.807) is 4.90 Å². The van der Waals surface area contributed by atoms with Crippen molar-refractivity contribution in [2.45, 2.75) is 57.5 Å². The molecule has 2 N–H and O–H groups in total. The Labute approximate surface area is 216 Å². The summed E-state index contributed by atoms with van der Waals surface area (Å²) >= 11 is 12.9. The van der Waals surface area contributed by atoms with Gasteiger partial charge in [-0.3, -0.25) is 14.5 Å². The van der Waals surface area contributed by atoms with Gasteiger partial charge in [0.05, 0.1) is 15.6 Å². The van der Waals surface area contributed by atoms with E-state index in [0.717, 1.165) is 36.3 Å². The van der Waals surface area contributed by atoms with Crippen molar-refractivity contribution in [3.05, 3.63) is 57.3 Å². The van der Waals surface area contributed by atoms with E-state index in [1.165, 1.54) is 12.1 Å². The summed E-state index contributed by atoms with van der Waals surface area (Å²) in [6.45, 7) is 7.59. The second-order valence-electron chi connectivity index (χ2n) is 10.0. The molecule has 0 saturated carbocycles. The molecule has 2 aliphatic rings. The Balaban J connectivity index is 0.00000108. The average Bonchev–Trinajstić information content (AvgIpc) is 3.16. The van der Waals surface area contributed by atoms with Crippen LogP contribution in [0.25, 0.3) is 0 Å². The molecule has 2 aliphatic heterocycles. The molecule has 2 heterocycles. The van der Waals surface area contributed by atoms with Gasteiger partial charge in [0, 0.05) is 49.0 Å². The summed E-state index contributed by atoms with van der Waals surface area (Å²) in [5.74, 6) is -0.260. The summed E-state index contributed by atoms with van der Waals surface area (Å²) < 4.78 is 15.2. The highest BCUT2D eigenvalue weighted by Gasteiger charge is 2.46. The number of amides is 1. The monoisotopic (exact) mass is 523 g/mol. The molecule has 2 aromatic rings. The number of fused-ring (bicyclic) bond motifs is 1. The maximum Gasteiger partial charge on any atom is 0.290 e. The molecule has 35 heavy (non-hydrogen) atoms. The zero-order chi connectivity index (χ0) is 26.0. The van der Waals surface area contributed by atoms with Crippen LogP contribution in [0.2, 0.25) is 10.0 Å². The van der Waals surface area contributed by atoms with Crippen LogP contribution in [-0.4, -0.2) is 48.1 Å². The van der Waals surface area contributed by atoms with E-state index in [-0.39, 0.29) is 28.8 Å². The SMILES string of the molecule is CN1C(=O)CCCc2ccc(NC3(c4c(F)ccc(Cl)c4Cl)CCN(C(C)(C)C)C3)cc21.O=CO. The number of benzene rings is 2. The zero-order valence-electron chi connectivity index (χ0n) is 20.5. The first kappa shape index (κ1) is 27.2. The number of halogens is 3. The standard InChI is InChI=1S/C25H30Cl2FN3O.CH2O2/c1-24(2,3)31-13-12-25(15-31,22-19(28)11-10-18(26)23(22)27)29-17-9-8-16-6-5-7-21(32)30(4)20(16)14-17;2-1-3/h8-11,14,29H,5-7,12-13,15H2,1-4H3;1H,(H,2,3). The van der Waals surface area contributed by atoms with E-state index in [4.69, 9.17) is 33.1 Å². The third kappa shape index (κ3) is 5.74. The molecular weight excluding hydrogens is 492 g/mol. The van der Waals surface area contributed by atoms with E-state index in [0.29, 0.717) is 30.0 Å². The first-order chi connectivity index (χ1) is 16.4. The van der Waals surface area contributed by atoms with Crippen molar-refractivity contribution in [2.75, 3.05) is 30.4 Å². The lowest BCUT2D eigenvalue weighted by atomic mass is 9.87. The summed E-state index contributed by atoms with van der Waals surface area (Å²) in [5.41, 5.74) is 2.45. The Kier molecular flexibility index (Phi) is 8.35. The van der Waals surface area contributed by atoms with Crippen molar-refractivity contribution in [1.29, 1.82) is 0 Å². The van der Waals surface area contributed by atoms with Crippen LogP contribution in [0, 0.1) is 5.82 Å². The van der Waals surface area contributed by atoms with Gasteiger partial charge in [-0.2, -0.15) is 0 Å². The van der Waals surface area contributed by atoms with Crippen LogP contribution in [0.1, 0.15) is 51.2 Å². The average molecular weight is 524 g/mol. The van der Waals surface area contributed by atoms with Crippen LogP contribution >= 0.6 is 23.2 Å². The van der Waals surface area contributed by atoms with Gasteiger partial charge in [0.25, 0.3) is 6.47 Å². The number of carbonyl (C=O) groups excluding carboxylic acids is 1. The van der Waals surface area contributed by atoms with Crippen molar-refractivity contribution in [3.8, 4) is 0 Å². The second-order valence-corrected chi connectivity index (χ2v) is 10.8. The molecular formula is C26H32Cl2FN3O3. The minimum absolute atomic E-state index is 0.0780. The minimum atomic E-state index is -0.749. The molecule has 0 radical (unpaired) electrons. The topological polar surface area (TPSA) is 72.9 Å². The van der Waals surface area contributed by atoms with Crippen LogP contribution < -0.4 is 10.2 Å². The van der Waals surface area contributed by atoms with Gasteiger partial charge in [-0.05, 0) is 69.9 Å². The first-order valence-electron chi connectivity index (χ1n) is 11.6. The molecule has 0 aliphatic carbocycles. The third-order valence-corrected chi connectivity index (χ3v) is 7.59. The fourth-order valence-electron chi connectivity index (χ4n) is 4.89. The Morgan fingerprint density at radius 3 is 2.49 bits per heavy atom. The molecule has 9 heteroatoms. The van der Waals surface area contributed by atoms with Crippen LogP contribution in [0.4, 0.5) is 15.8 Å². The highest BCUT2D eigenvalue weighted by molar-refractivity contribution is 6.42. The van der Waals surface area contributed by atoms with Crippen LogP contribution in [-0.2, 0) is 21.5 Å². The lowest BCUT2D eigenvalue weighted by Gasteiger charge is -2.37. The third-order valence-electron chi connectivity index (χ3n) is 6.78. The first-order valence-corrected chi connectivity index (χ1v) is 12.3. The number of hydrogen-bond acceptors (Lipinski definition) is 4. The van der Waals surface area contributed by atoms with Crippen molar-refractivity contribution >= 4 is 47.0 Å². The van der Waals surface area contributed by atoms with Crippen molar-refractivity contribution < 1.29 is 19.1 Å². The summed E-state index contributed by atoms with van der Waals surface area (Å²) in [7, 11) is 1.82. The largest absolute Gasteiger partial charge is 0.483 e. The van der Waals surface area contributed by atoms with Crippen molar-refractivity contribution in [1.82, 2.24) is 4.90 Å². The van der Waals surface area contributed by atoms with Gasteiger partial charge >= 0.3 is 0 Å². The molecule has 6 nitrogen and oxygen atoms in total. The molecule has 2 aromatic carbocycles. The summed E-state index contributed by atoms with van der Waals surface area (Å²) in [6, 6.07) is 8.95. The molecule has 1 saturated heterocycles.